The zero-order valence-corrected chi connectivity index (χ0v) is 13.2. The first kappa shape index (κ1) is 15.9. The van der Waals surface area contributed by atoms with Gasteiger partial charge in [-0.15, -0.1) is 0 Å². The molecule has 0 aliphatic heterocycles. The van der Waals surface area contributed by atoms with Crippen LogP contribution in [0.5, 0.6) is 0 Å². The number of hydrogen-bond donors (Lipinski definition) is 1. The van der Waals surface area contributed by atoms with Crippen LogP contribution < -0.4 is 5.32 Å². The molecule has 3 nitrogen and oxygen atoms in total. The molecule has 0 aromatic heterocycles. The van der Waals surface area contributed by atoms with Crippen molar-refractivity contribution >= 4 is 11.7 Å². The third kappa shape index (κ3) is 4.76. The van der Waals surface area contributed by atoms with E-state index < -0.39 is 0 Å². The smallest absolute Gasteiger partial charge is 0.307 e. The van der Waals surface area contributed by atoms with Crippen LogP contribution in [-0.2, 0) is 9.53 Å². The number of esters is 1. The Morgan fingerprint density at radius 2 is 2.05 bits per heavy atom. The highest BCUT2D eigenvalue weighted by molar-refractivity contribution is 5.70. The van der Waals surface area contributed by atoms with E-state index in [1.165, 1.54) is 24.8 Å². The Morgan fingerprint density at radius 1 is 1.29 bits per heavy atom. The molecule has 2 rings (SSSR count). The van der Waals surface area contributed by atoms with Gasteiger partial charge in [-0.1, -0.05) is 31.5 Å². The van der Waals surface area contributed by atoms with Gasteiger partial charge >= 0.3 is 5.97 Å². The molecular formula is C18H27NO2. The third-order valence-electron chi connectivity index (χ3n) is 4.44. The topological polar surface area (TPSA) is 38.3 Å². The Bertz CT molecular complexity index is 458. The largest absolute Gasteiger partial charge is 0.462 e. The van der Waals surface area contributed by atoms with E-state index in [2.05, 4.69) is 25.2 Å². The quantitative estimate of drug-likeness (QED) is 0.793. The van der Waals surface area contributed by atoms with Crippen molar-refractivity contribution in [1.82, 2.24) is 0 Å². The molecule has 0 amide bonds. The molecule has 1 N–H and O–H groups in total. The average Bonchev–Trinajstić information content (AvgIpc) is 2.50. The molecule has 21 heavy (non-hydrogen) atoms. The Labute approximate surface area is 128 Å². The maximum atomic E-state index is 12.0. The highest BCUT2D eigenvalue weighted by atomic mass is 16.5. The van der Waals surface area contributed by atoms with Gasteiger partial charge in [0.1, 0.15) is 6.10 Å². The first-order chi connectivity index (χ1) is 10.2. The van der Waals surface area contributed by atoms with E-state index in [9.17, 15) is 4.79 Å². The number of nitrogens with one attached hydrogen (secondary N) is 1. The van der Waals surface area contributed by atoms with Gasteiger partial charge < -0.3 is 10.1 Å². The number of ether oxygens (including phenoxy) is 1. The minimum atomic E-state index is -0.0681. The predicted octanol–water partition coefficient (Wildman–Crippen LogP) is 4.31. The van der Waals surface area contributed by atoms with Crippen molar-refractivity contribution in [1.29, 1.82) is 0 Å². The second-order valence-electron chi connectivity index (χ2n) is 5.97. The standard InChI is InChI=1S/C18H27NO2/c1-3-15-9-5-7-11-17(15)21-18(20)12-13-19-16-10-6-4-8-14(16)2/h4,6,8,10,15,17,19H,3,5,7,9,11-13H2,1-2H3. The summed E-state index contributed by atoms with van der Waals surface area (Å²) in [7, 11) is 0. The normalized spacial score (nSPS) is 21.8. The molecule has 1 aliphatic rings. The predicted molar refractivity (Wildman–Crippen MR) is 86.4 cm³/mol. The van der Waals surface area contributed by atoms with Crippen molar-refractivity contribution in [3.8, 4) is 0 Å². The lowest BCUT2D eigenvalue weighted by Gasteiger charge is -2.30. The molecule has 1 aromatic carbocycles. The summed E-state index contributed by atoms with van der Waals surface area (Å²) in [5.74, 6) is 0.494. The summed E-state index contributed by atoms with van der Waals surface area (Å²) in [5.41, 5.74) is 2.29. The number of carbonyl (C=O) groups is 1. The number of aryl methyl sites for hydroxylation is 1. The van der Waals surface area contributed by atoms with Crippen molar-refractivity contribution in [2.45, 2.75) is 58.5 Å². The van der Waals surface area contributed by atoms with Crippen molar-refractivity contribution in [3.63, 3.8) is 0 Å². The van der Waals surface area contributed by atoms with Crippen LogP contribution in [0.1, 0.15) is 51.0 Å². The van der Waals surface area contributed by atoms with Gasteiger partial charge in [0, 0.05) is 12.2 Å². The Kier molecular flexibility index (Phi) is 6.09. The molecule has 1 saturated carbocycles. The fourth-order valence-corrected chi connectivity index (χ4v) is 3.09. The zero-order valence-electron chi connectivity index (χ0n) is 13.2. The fraction of sp³-hybridized carbons (Fsp3) is 0.611. The summed E-state index contributed by atoms with van der Waals surface area (Å²) in [6.07, 6.45) is 6.40. The fourth-order valence-electron chi connectivity index (χ4n) is 3.09. The van der Waals surface area contributed by atoms with Crippen molar-refractivity contribution in [3.05, 3.63) is 29.8 Å². The number of rotatable bonds is 6. The van der Waals surface area contributed by atoms with E-state index in [1.807, 2.05) is 18.2 Å². The lowest BCUT2D eigenvalue weighted by Crippen LogP contribution is -2.30. The highest BCUT2D eigenvalue weighted by Crippen LogP contribution is 2.29. The highest BCUT2D eigenvalue weighted by Gasteiger charge is 2.26. The molecule has 0 spiro atoms. The van der Waals surface area contributed by atoms with Crippen molar-refractivity contribution in [2.24, 2.45) is 5.92 Å². The van der Waals surface area contributed by atoms with Gasteiger partial charge in [-0.3, -0.25) is 4.79 Å². The molecular weight excluding hydrogens is 262 g/mol. The molecule has 3 heteroatoms. The van der Waals surface area contributed by atoms with E-state index in [1.54, 1.807) is 0 Å². The minimum Gasteiger partial charge on any atom is -0.462 e. The summed E-state index contributed by atoms with van der Waals surface area (Å²) in [6.45, 7) is 4.89. The minimum absolute atomic E-state index is 0.0681. The van der Waals surface area contributed by atoms with Gasteiger partial charge in [0.2, 0.25) is 0 Å². The van der Waals surface area contributed by atoms with Crippen LogP contribution in [0.4, 0.5) is 5.69 Å². The molecule has 0 bridgehead atoms. The second kappa shape index (κ2) is 8.06. The van der Waals surface area contributed by atoms with Crippen LogP contribution in [0.3, 0.4) is 0 Å². The molecule has 1 fully saturated rings. The molecule has 0 heterocycles. The molecule has 2 atom stereocenters. The monoisotopic (exact) mass is 289 g/mol. The van der Waals surface area contributed by atoms with Crippen LogP contribution in [0.15, 0.2) is 24.3 Å². The van der Waals surface area contributed by atoms with Crippen LogP contribution in [-0.4, -0.2) is 18.6 Å². The molecule has 0 saturated heterocycles. The van der Waals surface area contributed by atoms with Gasteiger partial charge in [0.05, 0.1) is 6.42 Å². The van der Waals surface area contributed by atoms with Gasteiger partial charge in [0.25, 0.3) is 0 Å². The maximum absolute atomic E-state index is 12.0. The Hall–Kier alpha value is -1.51. The van der Waals surface area contributed by atoms with Crippen LogP contribution in [0, 0.1) is 12.8 Å². The molecule has 0 radical (unpaired) electrons. The number of carbonyl (C=O) groups excluding carboxylic acids is 1. The van der Waals surface area contributed by atoms with Gasteiger partial charge in [-0.25, -0.2) is 0 Å². The Morgan fingerprint density at radius 3 is 2.81 bits per heavy atom. The Balaban J connectivity index is 1.73. The maximum Gasteiger partial charge on any atom is 0.307 e. The lowest BCUT2D eigenvalue weighted by atomic mass is 9.85. The average molecular weight is 289 g/mol. The van der Waals surface area contributed by atoms with Crippen molar-refractivity contribution in [2.75, 3.05) is 11.9 Å². The zero-order chi connectivity index (χ0) is 15.1. The number of hydrogen-bond acceptors (Lipinski definition) is 3. The van der Waals surface area contributed by atoms with Crippen LogP contribution in [0.2, 0.25) is 0 Å². The van der Waals surface area contributed by atoms with Crippen LogP contribution >= 0.6 is 0 Å². The van der Waals surface area contributed by atoms with Gasteiger partial charge in [0.15, 0.2) is 0 Å². The second-order valence-corrected chi connectivity index (χ2v) is 5.97. The molecule has 1 aromatic rings. The first-order valence-electron chi connectivity index (χ1n) is 8.19. The summed E-state index contributed by atoms with van der Waals surface area (Å²) in [5, 5.41) is 3.31. The van der Waals surface area contributed by atoms with E-state index in [-0.39, 0.29) is 12.1 Å². The molecule has 1 aliphatic carbocycles. The summed E-state index contributed by atoms with van der Waals surface area (Å²) in [4.78, 5) is 12.0. The number of anilines is 1. The number of benzene rings is 1. The van der Waals surface area contributed by atoms with E-state index >= 15 is 0 Å². The van der Waals surface area contributed by atoms with E-state index in [0.29, 0.717) is 18.9 Å². The summed E-state index contributed by atoms with van der Waals surface area (Å²) in [6, 6.07) is 8.12. The van der Waals surface area contributed by atoms with Gasteiger partial charge in [-0.05, 0) is 50.2 Å². The van der Waals surface area contributed by atoms with Gasteiger partial charge in [-0.2, -0.15) is 0 Å². The SMILES string of the molecule is CCC1CCCCC1OC(=O)CCNc1ccccc1C. The summed E-state index contributed by atoms with van der Waals surface area (Å²) < 4.78 is 5.68. The molecule has 2 unspecified atom stereocenters. The van der Waals surface area contributed by atoms with Crippen LogP contribution in [0.25, 0.3) is 0 Å². The number of para-hydroxylation sites is 1. The lowest BCUT2D eigenvalue weighted by molar-refractivity contribution is -0.153. The molecule has 116 valence electrons. The van der Waals surface area contributed by atoms with Crippen molar-refractivity contribution < 1.29 is 9.53 Å². The first-order valence-corrected chi connectivity index (χ1v) is 8.19. The third-order valence-corrected chi connectivity index (χ3v) is 4.44. The van der Waals surface area contributed by atoms with E-state index in [4.69, 9.17) is 4.74 Å². The summed E-state index contributed by atoms with van der Waals surface area (Å²) >= 11 is 0. The van der Waals surface area contributed by atoms with E-state index in [0.717, 1.165) is 18.5 Å².